The van der Waals surface area contributed by atoms with E-state index in [2.05, 4.69) is 11.1 Å². The number of benzene rings is 2. The molecule has 7 heteroatoms. The van der Waals surface area contributed by atoms with Gasteiger partial charge in [0.25, 0.3) is 0 Å². The summed E-state index contributed by atoms with van der Waals surface area (Å²) in [6.45, 7) is 0. The molecule has 1 aromatic heterocycles. The lowest BCUT2D eigenvalue weighted by Gasteiger charge is -2.12. The van der Waals surface area contributed by atoms with Gasteiger partial charge in [-0.25, -0.2) is 4.79 Å². The summed E-state index contributed by atoms with van der Waals surface area (Å²) in [6, 6.07) is 17.2. The highest BCUT2D eigenvalue weighted by molar-refractivity contribution is 5.92. The molecular weight excluding hydrogens is 396 g/mol. The number of hydrogen-bond donors (Lipinski definition) is 0. The smallest absolute Gasteiger partial charge is 0.343 e. The number of rotatable bonds is 7. The maximum atomic E-state index is 12.6. The molecule has 0 amide bonds. The van der Waals surface area contributed by atoms with Gasteiger partial charge in [0.1, 0.15) is 6.07 Å². The molecule has 0 aliphatic heterocycles. The van der Waals surface area contributed by atoms with Gasteiger partial charge in [-0.2, -0.15) is 5.26 Å². The van der Waals surface area contributed by atoms with Crippen molar-refractivity contribution in [2.45, 2.75) is 0 Å². The summed E-state index contributed by atoms with van der Waals surface area (Å²) >= 11 is 0. The SMILES string of the molecule is COc1ccc(C(=O)Oc2ccc(/C=C(\C#N)c3ccccn3)cc2OC)cc1OC. The lowest BCUT2D eigenvalue weighted by molar-refractivity contribution is 0.0729. The van der Waals surface area contributed by atoms with Gasteiger partial charge >= 0.3 is 5.97 Å². The minimum atomic E-state index is -0.575. The highest BCUT2D eigenvalue weighted by Crippen LogP contribution is 2.32. The van der Waals surface area contributed by atoms with E-state index in [9.17, 15) is 10.1 Å². The first-order valence-corrected chi connectivity index (χ1v) is 9.25. The highest BCUT2D eigenvalue weighted by atomic mass is 16.6. The zero-order chi connectivity index (χ0) is 22.2. The van der Waals surface area contributed by atoms with E-state index in [-0.39, 0.29) is 5.75 Å². The van der Waals surface area contributed by atoms with E-state index in [4.69, 9.17) is 18.9 Å². The second-order valence-electron chi connectivity index (χ2n) is 6.25. The summed E-state index contributed by atoms with van der Waals surface area (Å²) in [4.78, 5) is 16.8. The van der Waals surface area contributed by atoms with Crippen LogP contribution in [0.3, 0.4) is 0 Å². The molecule has 0 aliphatic carbocycles. The van der Waals surface area contributed by atoms with E-state index in [0.717, 1.165) is 0 Å². The summed E-state index contributed by atoms with van der Waals surface area (Å²) < 4.78 is 21.3. The minimum absolute atomic E-state index is 0.246. The van der Waals surface area contributed by atoms with Crippen LogP contribution >= 0.6 is 0 Å². The van der Waals surface area contributed by atoms with Crippen molar-refractivity contribution in [2.75, 3.05) is 21.3 Å². The first-order chi connectivity index (χ1) is 15.1. The van der Waals surface area contributed by atoms with E-state index >= 15 is 0 Å². The van der Waals surface area contributed by atoms with E-state index in [1.54, 1.807) is 54.7 Å². The van der Waals surface area contributed by atoms with Crippen LogP contribution in [-0.2, 0) is 0 Å². The molecule has 0 aliphatic rings. The van der Waals surface area contributed by atoms with Crippen molar-refractivity contribution in [3.8, 4) is 29.1 Å². The van der Waals surface area contributed by atoms with Gasteiger partial charge in [0.05, 0.1) is 38.2 Å². The predicted molar refractivity (Wildman–Crippen MR) is 115 cm³/mol. The third-order valence-electron chi connectivity index (χ3n) is 4.38. The Morgan fingerprint density at radius 2 is 1.61 bits per heavy atom. The van der Waals surface area contributed by atoms with Gasteiger partial charge in [-0.05, 0) is 54.1 Å². The van der Waals surface area contributed by atoms with E-state index < -0.39 is 5.97 Å². The van der Waals surface area contributed by atoms with Crippen molar-refractivity contribution < 1.29 is 23.7 Å². The summed E-state index contributed by atoms with van der Waals surface area (Å²) in [5, 5.41) is 9.47. The molecule has 0 saturated carbocycles. The molecule has 0 atom stereocenters. The minimum Gasteiger partial charge on any atom is -0.493 e. The number of nitriles is 1. The molecule has 0 fully saturated rings. The Hall–Kier alpha value is -4.31. The Balaban J connectivity index is 1.86. The van der Waals surface area contributed by atoms with Crippen LogP contribution in [0.1, 0.15) is 21.6 Å². The molecule has 31 heavy (non-hydrogen) atoms. The molecule has 156 valence electrons. The maximum absolute atomic E-state index is 12.6. The number of methoxy groups -OCH3 is 3. The van der Waals surface area contributed by atoms with Gasteiger partial charge in [-0.1, -0.05) is 12.1 Å². The fraction of sp³-hybridized carbons (Fsp3) is 0.125. The molecule has 0 spiro atoms. The molecule has 0 saturated heterocycles. The Morgan fingerprint density at radius 3 is 2.26 bits per heavy atom. The maximum Gasteiger partial charge on any atom is 0.343 e. The number of aromatic nitrogens is 1. The first-order valence-electron chi connectivity index (χ1n) is 9.25. The number of carbonyl (C=O) groups is 1. The van der Waals surface area contributed by atoms with Gasteiger partial charge in [0, 0.05) is 6.20 Å². The fourth-order valence-corrected chi connectivity index (χ4v) is 2.83. The average molecular weight is 416 g/mol. The number of hydrogen-bond acceptors (Lipinski definition) is 7. The molecular formula is C24H20N2O5. The van der Waals surface area contributed by atoms with Crippen LogP contribution < -0.4 is 18.9 Å². The van der Waals surface area contributed by atoms with Crippen LogP contribution in [-0.4, -0.2) is 32.3 Å². The molecule has 0 unspecified atom stereocenters. The second-order valence-corrected chi connectivity index (χ2v) is 6.25. The number of allylic oxidation sites excluding steroid dienone is 1. The van der Waals surface area contributed by atoms with Gasteiger partial charge < -0.3 is 18.9 Å². The zero-order valence-corrected chi connectivity index (χ0v) is 17.3. The van der Waals surface area contributed by atoms with Gasteiger partial charge in [0.15, 0.2) is 23.0 Å². The molecule has 7 nitrogen and oxygen atoms in total. The molecule has 0 bridgehead atoms. The first kappa shape index (κ1) is 21.4. The third-order valence-corrected chi connectivity index (χ3v) is 4.38. The molecule has 3 rings (SSSR count). The molecule has 1 heterocycles. The largest absolute Gasteiger partial charge is 0.493 e. The Labute approximate surface area is 180 Å². The van der Waals surface area contributed by atoms with Crippen molar-refractivity contribution in [1.29, 1.82) is 5.26 Å². The van der Waals surface area contributed by atoms with Crippen molar-refractivity contribution in [3.63, 3.8) is 0 Å². The molecule has 2 aromatic carbocycles. The number of carbonyl (C=O) groups excluding carboxylic acids is 1. The summed E-state index contributed by atoms with van der Waals surface area (Å²) in [7, 11) is 4.48. The molecule has 0 radical (unpaired) electrons. The van der Waals surface area contributed by atoms with Crippen molar-refractivity contribution in [3.05, 3.63) is 77.6 Å². The van der Waals surface area contributed by atoms with Crippen LogP contribution in [0, 0.1) is 11.3 Å². The predicted octanol–water partition coefficient (Wildman–Crippen LogP) is 4.39. The van der Waals surface area contributed by atoms with Crippen LogP contribution in [0.15, 0.2) is 60.8 Å². The Morgan fingerprint density at radius 1 is 0.903 bits per heavy atom. The van der Waals surface area contributed by atoms with Gasteiger partial charge in [0.2, 0.25) is 0 Å². The number of ether oxygens (including phenoxy) is 4. The topological polar surface area (TPSA) is 90.7 Å². The Bertz CT molecular complexity index is 1150. The monoisotopic (exact) mass is 416 g/mol. The van der Waals surface area contributed by atoms with Crippen LogP contribution in [0.4, 0.5) is 0 Å². The lowest BCUT2D eigenvalue weighted by Crippen LogP contribution is -2.09. The van der Waals surface area contributed by atoms with Crippen molar-refractivity contribution in [1.82, 2.24) is 4.98 Å². The summed E-state index contributed by atoms with van der Waals surface area (Å²) in [5.74, 6) is 0.947. The summed E-state index contributed by atoms with van der Waals surface area (Å²) in [5.41, 5.74) is 1.96. The zero-order valence-electron chi connectivity index (χ0n) is 17.3. The lowest BCUT2D eigenvalue weighted by atomic mass is 10.1. The second kappa shape index (κ2) is 9.94. The Kier molecular flexibility index (Phi) is 6.86. The van der Waals surface area contributed by atoms with Gasteiger partial charge in [-0.15, -0.1) is 0 Å². The normalized spacial score (nSPS) is 10.7. The highest BCUT2D eigenvalue weighted by Gasteiger charge is 2.16. The van der Waals surface area contributed by atoms with Crippen molar-refractivity contribution >= 4 is 17.6 Å². The van der Waals surface area contributed by atoms with E-state index in [1.165, 1.54) is 27.4 Å². The van der Waals surface area contributed by atoms with Crippen LogP contribution in [0.25, 0.3) is 11.6 Å². The van der Waals surface area contributed by atoms with Crippen LogP contribution in [0.2, 0.25) is 0 Å². The fourth-order valence-electron chi connectivity index (χ4n) is 2.83. The third kappa shape index (κ3) is 5.00. The van der Waals surface area contributed by atoms with Crippen molar-refractivity contribution in [2.24, 2.45) is 0 Å². The molecule has 3 aromatic rings. The molecule has 0 N–H and O–H groups in total. The van der Waals surface area contributed by atoms with E-state index in [0.29, 0.717) is 39.6 Å². The number of esters is 1. The van der Waals surface area contributed by atoms with E-state index in [1.807, 2.05) is 6.07 Å². The average Bonchev–Trinajstić information content (AvgIpc) is 2.83. The summed E-state index contributed by atoms with van der Waals surface area (Å²) in [6.07, 6.45) is 3.31. The van der Waals surface area contributed by atoms with Gasteiger partial charge in [-0.3, -0.25) is 4.98 Å². The standard InChI is InChI=1S/C24H20N2O5/c1-28-20-10-8-17(14-23(20)30-3)24(27)31-21-9-7-16(13-22(21)29-2)12-18(15-25)19-6-4-5-11-26-19/h4-14H,1-3H3/b18-12+. The van der Waals surface area contributed by atoms with Crippen LogP contribution in [0.5, 0.6) is 23.0 Å². The number of pyridine rings is 1. The number of nitrogens with zero attached hydrogens (tertiary/aromatic N) is 2. The quantitative estimate of drug-likeness (QED) is 0.320.